The second kappa shape index (κ2) is 6.84. The Bertz CT molecular complexity index is 179. The molecule has 0 saturated heterocycles. The van der Waals surface area contributed by atoms with Crippen LogP contribution in [-0.4, -0.2) is 12.7 Å². The minimum Gasteiger partial charge on any atom is -0.304 e. The fraction of sp³-hybridized carbons (Fsp3) is 0.667. The highest BCUT2D eigenvalue weighted by Gasteiger charge is 1.98. The van der Waals surface area contributed by atoms with E-state index < -0.39 is 6.17 Å². The van der Waals surface area contributed by atoms with Crippen molar-refractivity contribution in [2.75, 3.05) is 6.54 Å². The maximum atomic E-state index is 8.39. The molecule has 0 rings (SSSR count). The van der Waals surface area contributed by atoms with Gasteiger partial charge < -0.3 is 5.73 Å². The van der Waals surface area contributed by atoms with Crippen molar-refractivity contribution < 1.29 is 0 Å². The van der Waals surface area contributed by atoms with E-state index >= 15 is 0 Å². The third-order valence-corrected chi connectivity index (χ3v) is 1.64. The highest BCUT2D eigenvalue weighted by atomic mass is 15.0. The molecule has 0 aromatic carbocycles. The van der Waals surface area contributed by atoms with Gasteiger partial charge in [0.1, 0.15) is 6.17 Å². The van der Waals surface area contributed by atoms with Crippen LogP contribution in [0.4, 0.5) is 0 Å². The first-order chi connectivity index (χ1) is 5.74. The highest BCUT2D eigenvalue weighted by molar-refractivity contribution is 5.04. The monoisotopic (exact) mass is 167 g/mol. The zero-order valence-corrected chi connectivity index (χ0v) is 7.80. The number of hydrogen-bond acceptors (Lipinski definition) is 3. The maximum Gasteiger partial charge on any atom is 0.145 e. The molecular weight excluding hydrogens is 150 g/mol. The Kier molecular flexibility index (Phi) is 6.35. The minimum atomic E-state index is -0.545. The summed E-state index contributed by atoms with van der Waals surface area (Å²) in [5.41, 5.74) is 6.68. The number of hydrogen-bond donors (Lipinski definition) is 2. The van der Waals surface area contributed by atoms with E-state index in [2.05, 4.69) is 25.2 Å². The Morgan fingerprint density at radius 1 is 1.67 bits per heavy atom. The fourth-order valence-electron chi connectivity index (χ4n) is 0.917. The normalized spacial score (nSPS) is 14.0. The number of nitrogens with zero attached hydrogens (tertiary/aromatic N) is 1. The van der Waals surface area contributed by atoms with Crippen molar-refractivity contribution in [3.05, 3.63) is 11.6 Å². The largest absolute Gasteiger partial charge is 0.304 e. The van der Waals surface area contributed by atoms with Gasteiger partial charge in [0.25, 0.3) is 0 Å². The first-order valence-electron chi connectivity index (χ1n) is 4.31. The summed E-state index contributed by atoms with van der Waals surface area (Å²) in [7, 11) is 0. The average Bonchev–Trinajstić information content (AvgIpc) is 2.11. The maximum absolute atomic E-state index is 8.39. The lowest BCUT2D eigenvalue weighted by Gasteiger charge is -2.07. The Morgan fingerprint density at radius 2 is 2.33 bits per heavy atom. The van der Waals surface area contributed by atoms with Crippen molar-refractivity contribution in [3.8, 4) is 6.07 Å². The quantitative estimate of drug-likeness (QED) is 0.476. The highest BCUT2D eigenvalue weighted by Crippen LogP contribution is 1.99. The number of nitrogens with one attached hydrogen (secondary N) is 1. The summed E-state index contributed by atoms with van der Waals surface area (Å²) in [6.45, 7) is 4.92. The average molecular weight is 167 g/mol. The van der Waals surface area contributed by atoms with Gasteiger partial charge >= 0.3 is 0 Å². The predicted octanol–water partition coefficient (Wildman–Crippen LogP) is 1.13. The molecule has 0 heterocycles. The van der Waals surface area contributed by atoms with Crippen LogP contribution in [0.2, 0.25) is 0 Å². The van der Waals surface area contributed by atoms with Crippen LogP contribution in [0.15, 0.2) is 11.6 Å². The SMILES string of the molecule is CC/C=C(\CC)CN[C@H](N)C#N. The van der Waals surface area contributed by atoms with Gasteiger partial charge in [0.05, 0.1) is 6.07 Å². The van der Waals surface area contributed by atoms with Crippen LogP contribution in [0, 0.1) is 11.3 Å². The summed E-state index contributed by atoms with van der Waals surface area (Å²) in [6, 6.07) is 1.93. The third kappa shape index (κ3) is 4.89. The van der Waals surface area contributed by atoms with E-state index in [0.29, 0.717) is 0 Å². The van der Waals surface area contributed by atoms with E-state index in [9.17, 15) is 0 Å². The Hall–Kier alpha value is -0.850. The third-order valence-electron chi connectivity index (χ3n) is 1.64. The van der Waals surface area contributed by atoms with Crippen LogP contribution in [0.5, 0.6) is 0 Å². The molecule has 0 amide bonds. The van der Waals surface area contributed by atoms with Gasteiger partial charge in [0.15, 0.2) is 0 Å². The van der Waals surface area contributed by atoms with E-state index in [1.54, 1.807) is 0 Å². The lowest BCUT2D eigenvalue weighted by atomic mass is 10.1. The Balaban J connectivity index is 3.74. The van der Waals surface area contributed by atoms with Crippen molar-refractivity contribution in [1.29, 1.82) is 5.26 Å². The summed E-state index contributed by atoms with van der Waals surface area (Å²) < 4.78 is 0. The van der Waals surface area contributed by atoms with Crippen LogP contribution in [0.25, 0.3) is 0 Å². The molecule has 3 N–H and O–H groups in total. The zero-order chi connectivity index (χ0) is 9.40. The van der Waals surface area contributed by atoms with E-state index in [0.717, 1.165) is 19.4 Å². The van der Waals surface area contributed by atoms with E-state index in [1.165, 1.54) is 5.57 Å². The predicted molar refractivity (Wildman–Crippen MR) is 50.3 cm³/mol. The smallest absolute Gasteiger partial charge is 0.145 e. The number of nitriles is 1. The van der Waals surface area contributed by atoms with Crippen LogP contribution >= 0.6 is 0 Å². The van der Waals surface area contributed by atoms with Gasteiger partial charge in [-0.2, -0.15) is 5.26 Å². The molecular formula is C9H17N3. The minimum absolute atomic E-state index is 0.545. The molecule has 0 spiro atoms. The van der Waals surface area contributed by atoms with Crippen LogP contribution < -0.4 is 11.1 Å². The zero-order valence-electron chi connectivity index (χ0n) is 7.80. The van der Waals surface area contributed by atoms with Gasteiger partial charge in [0.2, 0.25) is 0 Å². The summed E-state index contributed by atoms with van der Waals surface area (Å²) in [5, 5.41) is 11.3. The molecule has 0 aliphatic carbocycles. The summed E-state index contributed by atoms with van der Waals surface area (Å²) in [6.07, 6.45) is 3.67. The van der Waals surface area contributed by atoms with Gasteiger partial charge in [0, 0.05) is 6.54 Å². The first-order valence-corrected chi connectivity index (χ1v) is 4.31. The lowest BCUT2D eigenvalue weighted by molar-refractivity contribution is 0.648. The molecule has 0 unspecified atom stereocenters. The summed E-state index contributed by atoms with van der Waals surface area (Å²) in [4.78, 5) is 0. The molecule has 12 heavy (non-hydrogen) atoms. The van der Waals surface area contributed by atoms with Crippen molar-refractivity contribution >= 4 is 0 Å². The molecule has 3 nitrogen and oxygen atoms in total. The fourth-order valence-corrected chi connectivity index (χ4v) is 0.917. The van der Waals surface area contributed by atoms with E-state index in [4.69, 9.17) is 11.0 Å². The second-order valence-electron chi connectivity index (χ2n) is 2.61. The molecule has 0 aliphatic rings. The molecule has 0 aromatic heterocycles. The van der Waals surface area contributed by atoms with Gasteiger partial charge in [-0.1, -0.05) is 25.5 Å². The molecule has 0 saturated carbocycles. The van der Waals surface area contributed by atoms with Crippen molar-refractivity contribution in [3.63, 3.8) is 0 Å². The summed E-state index contributed by atoms with van der Waals surface area (Å²) >= 11 is 0. The van der Waals surface area contributed by atoms with Gasteiger partial charge in [-0.25, -0.2) is 0 Å². The van der Waals surface area contributed by atoms with E-state index in [-0.39, 0.29) is 0 Å². The molecule has 0 aliphatic heterocycles. The lowest BCUT2D eigenvalue weighted by Crippen LogP contribution is -2.36. The van der Waals surface area contributed by atoms with E-state index in [1.807, 2.05) is 6.07 Å². The van der Waals surface area contributed by atoms with Crippen molar-refractivity contribution in [1.82, 2.24) is 5.32 Å². The molecule has 0 bridgehead atoms. The topological polar surface area (TPSA) is 61.8 Å². The van der Waals surface area contributed by atoms with Crippen LogP contribution in [-0.2, 0) is 0 Å². The van der Waals surface area contributed by atoms with Gasteiger partial charge in [-0.05, 0) is 12.8 Å². The Morgan fingerprint density at radius 3 is 2.75 bits per heavy atom. The number of allylic oxidation sites excluding steroid dienone is 1. The molecule has 3 heteroatoms. The molecule has 0 fully saturated rings. The molecule has 0 aromatic rings. The van der Waals surface area contributed by atoms with Crippen molar-refractivity contribution in [2.45, 2.75) is 32.9 Å². The standard InChI is InChI=1S/C9H17N3/c1-3-5-8(4-2)7-12-9(11)6-10/h5,9,12H,3-4,7,11H2,1-2H3/b8-5+/t9-/m0/s1. The van der Waals surface area contributed by atoms with Crippen LogP contribution in [0.3, 0.4) is 0 Å². The first kappa shape index (κ1) is 11.2. The molecule has 1 atom stereocenters. The van der Waals surface area contributed by atoms with Gasteiger partial charge in [-0.15, -0.1) is 0 Å². The van der Waals surface area contributed by atoms with Gasteiger partial charge in [-0.3, -0.25) is 5.32 Å². The number of nitrogens with two attached hydrogens (primary N) is 1. The molecule has 68 valence electrons. The Labute approximate surface area is 74.3 Å². The summed E-state index contributed by atoms with van der Waals surface area (Å²) in [5.74, 6) is 0. The molecule has 0 radical (unpaired) electrons. The number of rotatable bonds is 5. The second-order valence-corrected chi connectivity index (χ2v) is 2.61. The van der Waals surface area contributed by atoms with Crippen LogP contribution in [0.1, 0.15) is 26.7 Å². The van der Waals surface area contributed by atoms with Crippen molar-refractivity contribution in [2.24, 2.45) is 5.73 Å².